The van der Waals surface area contributed by atoms with Crippen LogP contribution < -0.4 is 10.1 Å². The highest BCUT2D eigenvalue weighted by atomic mass is 35.5. The molecule has 0 bridgehead atoms. The minimum absolute atomic E-state index is 0.179. The molecule has 0 unspecified atom stereocenters. The summed E-state index contributed by atoms with van der Waals surface area (Å²) in [7, 11) is 0. The average Bonchev–Trinajstić information content (AvgIpc) is 2.54. The topological polar surface area (TPSA) is 64.6 Å². The predicted molar refractivity (Wildman–Crippen MR) is 92.2 cm³/mol. The van der Waals surface area contributed by atoms with Crippen molar-refractivity contribution in [1.82, 2.24) is 5.32 Å². The van der Waals surface area contributed by atoms with Crippen LogP contribution >= 0.6 is 11.6 Å². The molecule has 0 heterocycles. The third kappa shape index (κ3) is 5.71. The van der Waals surface area contributed by atoms with Gasteiger partial charge in [-0.05, 0) is 49.4 Å². The number of carbonyl (C=O) groups excluding carboxylic acids is 2. The van der Waals surface area contributed by atoms with Crippen LogP contribution in [-0.4, -0.2) is 31.1 Å². The molecule has 0 spiro atoms. The second kappa shape index (κ2) is 8.92. The van der Waals surface area contributed by atoms with Crippen LogP contribution in [0.3, 0.4) is 0 Å². The second-order valence-corrected chi connectivity index (χ2v) is 6.73. The number of benzene rings is 1. The normalized spacial score (nSPS) is 20.3. The fourth-order valence-electron chi connectivity index (χ4n) is 2.88. The molecule has 1 saturated carbocycles. The van der Waals surface area contributed by atoms with Gasteiger partial charge >= 0.3 is 5.97 Å². The largest absolute Gasteiger partial charge is 0.482 e. The first-order valence-corrected chi connectivity index (χ1v) is 8.67. The number of carbonyl (C=O) groups is 2. The fourth-order valence-corrected chi connectivity index (χ4v) is 3.10. The van der Waals surface area contributed by atoms with Gasteiger partial charge in [0.15, 0.2) is 13.2 Å². The Morgan fingerprint density at radius 3 is 2.71 bits per heavy atom. The van der Waals surface area contributed by atoms with Crippen molar-refractivity contribution in [2.24, 2.45) is 5.92 Å². The van der Waals surface area contributed by atoms with E-state index in [1.165, 1.54) is 6.42 Å². The van der Waals surface area contributed by atoms with Crippen LogP contribution in [0.25, 0.3) is 0 Å². The summed E-state index contributed by atoms with van der Waals surface area (Å²) in [4.78, 5) is 23.6. The number of nitrogens with one attached hydrogen (secondary N) is 1. The first-order chi connectivity index (χ1) is 11.5. The first-order valence-electron chi connectivity index (χ1n) is 8.29. The van der Waals surface area contributed by atoms with E-state index in [1.54, 1.807) is 18.2 Å². The third-order valence-corrected chi connectivity index (χ3v) is 4.54. The molecule has 0 saturated heterocycles. The van der Waals surface area contributed by atoms with Crippen molar-refractivity contribution in [3.63, 3.8) is 0 Å². The molecule has 0 aromatic heterocycles. The predicted octanol–water partition coefficient (Wildman–Crippen LogP) is 3.27. The summed E-state index contributed by atoms with van der Waals surface area (Å²) >= 11 is 5.86. The van der Waals surface area contributed by atoms with Gasteiger partial charge in [-0.15, -0.1) is 0 Å². The van der Waals surface area contributed by atoms with Gasteiger partial charge in [0.05, 0.1) is 0 Å². The lowest BCUT2D eigenvalue weighted by Crippen LogP contribution is -2.43. The van der Waals surface area contributed by atoms with Crippen molar-refractivity contribution in [1.29, 1.82) is 0 Å². The van der Waals surface area contributed by atoms with Crippen LogP contribution in [0.2, 0.25) is 5.02 Å². The molecule has 1 aromatic rings. The zero-order valence-electron chi connectivity index (χ0n) is 14.1. The van der Waals surface area contributed by atoms with Crippen LogP contribution in [0.15, 0.2) is 18.2 Å². The Hall–Kier alpha value is -1.75. The molecule has 1 amide bonds. The van der Waals surface area contributed by atoms with Crippen molar-refractivity contribution in [2.45, 2.75) is 45.6 Å². The van der Waals surface area contributed by atoms with Crippen molar-refractivity contribution in [3.8, 4) is 5.75 Å². The van der Waals surface area contributed by atoms with Crippen LogP contribution in [0.1, 0.15) is 38.2 Å². The van der Waals surface area contributed by atoms with Gasteiger partial charge in [0, 0.05) is 11.1 Å². The highest BCUT2D eigenvalue weighted by molar-refractivity contribution is 6.30. The van der Waals surface area contributed by atoms with Crippen LogP contribution in [-0.2, 0) is 14.3 Å². The Morgan fingerprint density at radius 1 is 1.25 bits per heavy atom. The van der Waals surface area contributed by atoms with E-state index in [1.807, 2.05) is 6.92 Å². The van der Waals surface area contributed by atoms with E-state index in [-0.39, 0.29) is 25.2 Å². The zero-order chi connectivity index (χ0) is 17.5. The maximum atomic E-state index is 11.9. The van der Waals surface area contributed by atoms with Gasteiger partial charge in [0.1, 0.15) is 5.75 Å². The summed E-state index contributed by atoms with van der Waals surface area (Å²) in [5.74, 6) is 0.201. The molecule has 1 aliphatic rings. The lowest BCUT2D eigenvalue weighted by atomic mass is 9.86. The number of esters is 1. The van der Waals surface area contributed by atoms with E-state index in [2.05, 4.69) is 12.2 Å². The molecule has 0 aliphatic heterocycles. The number of halogens is 1. The Kier molecular flexibility index (Phi) is 6.91. The van der Waals surface area contributed by atoms with Gasteiger partial charge in [0.25, 0.3) is 5.91 Å². The van der Waals surface area contributed by atoms with E-state index < -0.39 is 5.97 Å². The summed E-state index contributed by atoms with van der Waals surface area (Å²) in [6.45, 7) is 3.46. The molecule has 1 fully saturated rings. The van der Waals surface area contributed by atoms with Gasteiger partial charge in [0.2, 0.25) is 0 Å². The minimum atomic E-state index is -0.573. The fraction of sp³-hybridized carbons (Fsp3) is 0.556. The van der Waals surface area contributed by atoms with Crippen molar-refractivity contribution in [3.05, 3.63) is 28.8 Å². The van der Waals surface area contributed by atoms with E-state index in [9.17, 15) is 9.59 Å². The van der Waals surface area contributed by atoms with Crippen LogP contribution in [0.5, 0.6) is 5.75 Å². The Bertz CT molecular complexity index is 590. The van der Waals surface area contributed by atoms with Crippen molar-refractivity contribution >= 4 is 23.5 Å². The highest BCUT2D eigenvalue weighted by Crippen LogP contribution is 2.23. The first kappa shape index (κ1) is 18.6. The number of hydrogen-bond acceptors (Lipinski definition) is 4. The summed E-state index contributed by atoms with van der Waals surface area (Å²) in [5.41, 5.74) is 0.833. The molecule has 2 rings (SSSR count). The Balaban J connectivity index is 1.69. The second-order valence-electron chi connectivity index (χ2n) is 6.29. The van der Waals surface area contributed by atoms with Gasteiger partial charge in [-0.25, -0.2) is 4.79 Å². The molecular formula is C18H24ClNO4. The number of hydrogen-bond donors (Lipinski definition) is 1. The average molecular weight is 354 g/mol. The number of rotatable bonds is 6. The lowest BCUT2D eigenvalue weighted by molar-refractivity contribution is -0.150. The number of ether oxygens (including phenoxy) is 2. The molecule has 1 N–H and O–H groups in total. The monoisotopic (exact) mass is 353 g/mol. The molecule has 5 nitrogen and oxygen atoms in total. The van der Waals surface area contributed by atoms with Crippen molar-refractivity contribution in [2.75, 3.05) is 13.2 Å². The van der Waals surface area contributed by atoms with E-state index in [4.69, 9.17) is 21.1 Å². The summed E-state index contributed by atoms with van der Waals surface area (Å²) in [5, 5.41) is 3.55. The smallest absolute Gasteiger partial charge is 0.344 e. The lowest BCUT2D eigenvalue weighted by Gasteiger charge is -2.29. The van der Waals surface area contributed by atoms with E-state index in [0.717, 1.165) is 24.8 Å². The van der Waals surface area contributed by atoms with E-state index >= 15 is 0 Å². The van der Waals surface area contributed by atoms with Crippen LogP contribution in [0.4, 0.5) is 0 Å². The summed E-state index contributed by atoms with van der Waals surface area (Å²) < 4.78 is 10.4. The number of amides is 1. The van der Waals surface area contributed by atoms with Gasteiger partial charge in [-0.2, -0.15) is 0 Å². The SMILES string of the molecule is Cc1cc(Cl)ccc1OCC(=O)OCC(=O)N[C@@H]1CCCC[C@H]1C. The van der Waals surface area contributed by atoms with Gasteiger partial charge in [-0.1, -0.05) is 31.4 Å². The molecule has 2 atom stereocenters. The number of aryl methyl sites for hydroxylation is 1. The summed E-state index contributed by atoms with van der Waals surface area (Å²) in [6, 6.07) is 5.31. The molecule has 0 radical (unpaired) electrons. The minimum Gasteiger partial charge on any atom is -0.482 e. The molecule has 1 aromatic carbocycles. The van der Waals surface area contributed by atoms with Crippen molar-refractivity contribution < 1.29 is 19.1 Å². The quantitative estimate of drug-likeness (QED) is 0.797. The Labute approximate surface area is 147 Å². The molecule has 1 aliphatic carbocycles. The molecule has 6 heteroatoms. The third-order valence-electron chi connectivity index (χ3n) is 4.30. The highest BCUT2D eigenvalue weighted by Gasteiger charge is 2.23. The van der Waals surface area contributed by atoms with Gasteiger partial charge in [-0.3, -0.25) is 4.79 Å². The maximum absolute atomic E-state index is 11.9. The van der Waals surface area contributed by atoms with Gasteiger partial charge < -0.3 is 14.8 Å². The molecule has 132 valence electrons. The standard InChI is InChI=1S/C18H24ClNO4/c1-12-5-3-4-6-15(12)20-17(21)10-24-18(22)11-23-16-8-7-14(19)9-13(16)2/h7-9,12,15H,3-6,10-11H2,1-2H3,(H,20,21)/t12-,15-/m1/s1. The zero-order valence-corrected chi connectivity index (χ0v) is 14.9. The van der Waals surface area contributed by atoms with E-state index in [0.29, 0.717) is 16.7 Å². The van der Waals surface area contributed by atoms with Crippen LogP contribution in [0, 0.1) is 12.8 Å². The Morgan fingerprint density at radius 2 is 2.00 bits per heavy atom. The molecular weight excluding hydrogens is 330 g/mol. The molecule has 24 heavy (non-hydrogen) atoms. The maximum Gasteiger partial charge on any atom is 0.344 e. The summed E-state index contributed by atoms with van der Waals surface area (Å²) in [6.07, 6.45) is 4.45.